The summed E-state index contributed by atoms with van der Waals surface area (Å²) in [5, 5.41) is 0. The van der Waals surface area contributed by atoms with E-state index in [4.69, 9.17) is 18.0 Å². The van der Waals surface area contributed by atoms with Crippen LogP contribution in [0.25, 0.3) is 0 Å². The van der Waals surface area contributed by atoms with Crippen LogP contribution in [0, 0.1) is 11.3 Å². The summed E-state index contributed by atoms with van der Waals surface area (Å²) < 4.78 is 27.1. The minimum absolute atomic E-state index is 0.0575. The van der Waals surface area contributed by atoms with Crippen molar-refractivity contribution in [2.45, 2.75) is 31.9 Å². The maximum Gasteiger partial charge on any atom is 0.250 e. The monoisotopic (exact) mass is 320 g/mol. The number of thiophene rings is 1. The second kappa shape index (κ2) is 5.87. The molecule has 7 heteroatoms. The van der Waals surface area contributed by atoms with Gasteiger partial charge in [-0.1, -0.05) is 39.9 Å². The number of thiocarbonyl (C=S) groups is 1. The first-order valence-electron chi connectivity index (χ1n) is 5.93. The SMILES string of the molecule is CC(CNS(=O)(=O)c1ccc(C(N)=S)s1)C(C)(C)C. The first-order valence-corrected chi connectivity index (χ1v) is 8.64. The van der Waals surface area contributed by atoms with Gasteiger partial charge >= 0.3 is 0 Å². The lowest BCUT2D eigenvalue weighted by Crippen LogP contribution is -2.33. The summed E-state index contributed by atoms with van der Waals surface area (Å²) >= 11 is 5.92. The van der Waals surface area contributed by atoms with Gasteiger partial charge in [0.1, 0.15) is 9.20 Å². The molecule has 0 saturated carbocycles. The van der Waals surface area contributed by atoms with Gasteiger partial charge in [-0.15, -0.1) is 11.3 Å². The molecule has 1 aromatic heterocycles. The van der Waals surface area contributed by atoms with Crippen LogP contribution in [-0.2, 0) is 10.0 Å². The third kappa shape index (κ3) is 4.52. The molecular formula is C12H20N2O2S3. The fourth-order valence-corrected chi connectivity index (χ4v) is 3.74. The first-order chi connectivity index (χ1) is 8.54. The van der Waals surface area contributed by atoms with Crippen LogP contribution in [0.1, 0.15) is 32.6 Å². The summed E-state index contributed by atoms with van der Waals surface area (Å²) in [6.45, 7) is 8.69. The Morgan fingerprint density at radius 2 is 2.05 bits per heavy atom. The number of rotatable bonds is 5. The molecule has 1 atom stereocenters. The third-order valence-electron chi connectivity index (χ3n) is 3.15. The van der Waals surface area contributed by atoms with Crippen molar-refractivity contribution in [1.29, 1.82) is 0 Å². The minimum atomic E-state index is -3.47. The van der Waals surface area contributed by atoms with Crippen LogP contribution in [0.2, 0.25) is 0 Å². The highest BCUT2D eigenvalue weighted by molar-refractivity contribution is 7.91. The van der Waals surface area contributed by atoms with Crippen molar-refractivity contribution in [3.05, 3.63) is 17.0 Å². The van der Waals surface area contributed by atoms with Gasteiger partial charge in [0, 0.05) is 6.54 Å². The van der Waals surface area contributed by atoms with Gasteiger partial charge in [0.05, 0.1) is 4.88 Å². The predicted molar refractivity (Wildman–Crippen MR) is 84.0 cm³/mol. The van der Waals surface area contributed by atoms with E-state index in [2.05, 4.69) is 25.5 Å². The van der Waals surface area contributed by atoms with Crippen molar-refractivity contribution >= 4 is 38.6 Å². The van der Waals surface area contributed by atoms with E-state index in [-0.39, 0.29) is 20.5 Å². The van der Waals surface area contributed by atoms with Gasteiger partial charge in [-0.3, -0.25) is 0 Å². The summed E-state index contributed by atoms with van der Waals surface area (Å²) in [5.74, 6) is 0.234. The molecule has 0 saturated heterocycles. The van der Waals surface area contributed by atoms with E-state index in [1.165, 1.54) is 6.07 Å². The molecule has 0 aliphatic carbocycles. The van der Waals surface area contributed by atoms with E-state index in [0.717, 1.165) is 11.3 Å². The Bertz CT molecular complexity index is 556. The second-order valence-electron chi connectivity index (χ2n) is 5.60. The molecule has 0 radical (unpaired) electrons. The molecule has 0 aromatic carbocycles. The van der Waals surface area contributed by atoms with Crippen molar-refractivity contribution in [3.63, 3.8) is 0 Å². The number of nitrogens with two attached hydrogens (primary N) is 1. The molecule has 0 fully saturated rings. The number of hydrogen-bond acceptors (Lipinski definition) is 4. The highest BCUT2D eigenvalue weighted by atomic mass is 32.2. The summed E-state index contributed by atoms with van der Waals surface area (Å²) in [7, 11) is -3.47. The molecule has 0 bridgehead atoms. The number of sulfonamides is 1. The Balaban J connectivity index is 2.79. The summed E-state index contributed by atoms with van der Waals surface area (Å²) in [6.07, 6.45) is 0. The van der Waals surface area contributed by atoms with Gasteiger partial charge < -0.3 is 5.73 Å². The largest absolute Gasteiger partial charge is 0.389 e. The molecule has 1 unspecified atom stereocenters. The number of nitrogens with one attached hydrogen (secondary N) is 1. The standard InChI is InChI=1S/C12H20N2O2S3/c1-8(12(2,3)4)7-14-19(15,16)10-6-5-9(18-10)11(13)17/h5-6,8,14H,7H2,1-4H3,(H2,13,17). The van der Waals surface area contributed by atoms with Gasteiger partial charge in [0.25, 0.3) is 0 Å². The van der Waals surface area contributed by atoms with Crippen molar-refractivity contribution in [3.8, 4) is 0 Å². The number of hydrogen-bond donors (Lipinski definition) is 2. The molecule has 0 aliphatic rings. The van der Waals surface area contributed by atoms with E-state index in [1.54, 1.807) is 6.07 Å². The maximum absolute atomic E-state index is 12.1. The molecular weight excluding hydrogens is 300 g/mol. The Kier molecular flexibility index (Phi) is 5.11. The van der Waals surface area contributed by atoms with Crippen LogP contribution >= 0.6 is 23.6 Å². The molecule has 1 rings (SSSR count). The molecule has 4 nitrogen and oxygen atoms in total. The van der Waals surface area contributed by atoms with Crippen LogP contribution < -0.4 is 10.5 Å². The zero-order valence-corrected chi connectivity index (χ0v) is 14.0. The van der Waals surface area contributed by atoms with Gasteiger partial charge in [-0.2, -0.15) is 0 Å². The van der Waals surface area contributed by atoms with Crippen LogP contribution in [0.5, 0.6) is 0 Å². The Morgan fingerprint density at radius 1 is 1.47 bits per heavy atom. The van der Waals surface area contributed by atoms with E-state index < -0.39 is 10.0 Å². The molecule has 0 amide bonds. The maximum atomic E-state index is 12.1. The normalized spacial score (nSPS) is 14.3. The minimum Gasteiger partial charge on any atom is -0.389 e. The van der Waals surface area contributed by atoms with E-state index in [0.29, 0.717) is 11.4 Å². The third-order valence-corrected chi connectivity index (χ3v) is 6.53. The molecule has 108 valence electrons. The van der Waals surface area contributed by atoms with Crippen molar-refractivity contribution < 1.29 is 8.42 Å². The molecule has 1 aromatic rings. The summed E-state index contributed by atoms with van der Waals surface area (Å²) in [6, 6.07) is 3.16. The summed E-state index contributed by atoms with van der Waals surface area (Å²) in [5.41, 5.74) is 5.53. The van der Waals surface area contributed by atoms with Crippen molar-refractivity contribution in [2.24, 2.45) is 17.1 Å². The average Bonchev–Trinajstić information content (AvgIpc) is 2.74. The molecule has 1 heterocycles. The molecule has 0 spiro atoms. The van der Waals surface area contributed by atoms with Crippen LogP contribution in [0.15, 0.2) is 16.3 Å². The molecule has 19 heavy (non-hydrogen) atoms. The van der Waals surface area contributed by atoms with Crippen LogP contribution in [0.4, 0.5) is 0 Å². The molecule has 0 aliphatic heterocycles. The highest BCUT2D eigenvalue weighted by Crippen LogP contribution is 2.26. The molecule has 3 N–H and O–H groups in total. The Labute approximate surface area is 124 Å². The predicted octanol–water partition coefficient (Wildman–Crippen LogP) is 2.34. The van der Waals surface area contributed by atoms with Gasteiger partial charge in [0.15, 0.2) is 0 Å². The lowest BCUT2D eigenvalue weighted by atomic mass is 9.82. The average molecular weight is 321 g/mol. The second-order valence-corrected chi connectivity index (χ2v) is 9.12. The van der Waals surface area contributed by atoms with E-state index >= 15 is 0 Å². The smallest absolute Gasteiger partial charge is 0.250 e. The Morgan fingerprint density at radius 3 is 2.47 bits per heavy atom. The highest BCUT2D eigenvalue weighted by Gasteiger charge is 2.23. The van der Waals surface area contributed by atoms with Crippen molar-refractivity contribution in [2.75, 3.05) is 6.54 Å². The van der Waals surface area contributed by atoms with Gasteiger partial charge in [-0.25, -0.2) is 13.1 Å². The van der Waals surface area contributed by atoms with Crippen molar-refractivity contribution in [1.82, 2.24) is 4.72 Å². The van der Waals surface area contributed by atoms with Gasteiger partial charge in [0.2, 0.25) is 10.0 Å². The lowest BCUT2D eigenvalue weighted by molar-refractivity contribution is 0.263. The van der Waals surface area contributed by atoms with E-state index in [1.807, 2.05) is 6.92 Å². The zero-order chi connectivity index (χ0) is 14.8. The fraction of sp³-hybridized carbons (Fsp3) is 0.583. The first kappa shape index (κ1) is 16.6. The van der Waals surface area contributed by atoms with Crippen LogP contribution in [0.3, 0.4) is 0 Å². The lowest BCUT2D eigenvalue weighted by Gasteiger charge is -2.27. The topological polar surface area (TPSA) is 72.2 Å². The summed E-state index contributed by atoms with van der Waals surface area (Å²) in [4.78, 5) is 0.828. The van der Waals surface area contributed by atoms with Crippen LogP contribution in [-0.4, -0.2) is 20.0 Å². The Hall–Kier alpha value is -0.500. The van der Waals surface area contributed by atoms with E-state index in [9.17, 15) is 8.42 Å². The fourth-order valence-electron chi connectivity index (χ4n) is 1.21. The quantitative estimate of drug-likeness (QED) is 0.817. The van der Waals surface area contributed by atoms with Gasteiger partial charge in [-0.05, 0) is 23.5 Å². The zero-order valence-electron chi connectivity index (χ0n) is 11.6.